The molecule has 1 amide bonds. The fourth-order valence-electron chi connectivity index (χ4n) is 1.83. The van der Waals surface area contributed by atoms with Gasteiger partial charge in [-0.05, 0) is 37.3 Å². The second-order valence-corrected chi connectivity index (χ2v) is 5.07. The average Bonchev–Trinajstić information content (AvgIpc) is 2.55. The molecule has 0 saturated carbocycles. The summed E-state index contributed by atoms with van der Waals surface area (Å²) in [5.74, 6) is -0.0472. The molecule has 0 bridgehead atoms. The summed E-state index contributed by atoms with van der Waals surface area (Å²) in [6.07, 6.45) is -0.807. The van der Waals surface area contributed by atoms with E-state index in [9.17, 15) is 4.79 Å². The summed E-state index contributed by atoms with van der Waals surface area (Å²) in [5.41, 5.74) is 1.15. The first-order valence-corrected chi connectivity index (χ1v) is 7.09. The number of amides is 1. The number of carbonyl (C=O) groups excluding carboxylic acids is 1. The quantitative estimate of drug-likeness (QED) is 0.932. The number of ether oxygens (including phenoxy) is 1. The molecule has 23 heavy (non-hydrogen) atoms. The van der Waals surface area contributed by atoms with Gasteiger partial charge in [-0.15, -0.1) is 0 Å². The van der Waals surface area contributed by atoms with E-state index in [2.05, 4.69) is 5.32 Å². The van der Waals surface area contributed by atoms with Crippen molar-refractivity contribution < 1.29 is 9.53 Å². The van der Waals surface area contributed by atoms with E-state index < -0.39 is 12.0 Å². The Morgan fingerprint density at radius 2 is 1.87 bits per heavy atom. The van der Waals surface area contributed by atoms with Crippen molar-refractivity contribution in [2.24, 2.45) is 0 Å². The standard InChI is InChI=1S/C17H12ClN3O2/c1-11(23-16-5-3-2-4-13(16)10-20)17(22)21-14-7-6-12(9-19)15(18)8-14/h2-8,11H,1H3,(H,21,22). The fourth-order valence-corrected chi connectivity index (χ4v) is 2.06. The Labute approximate surface area is 138 Å². The molecular weight excluding hydrogens is 314 g/mol. The molecule has 6 heteroatoms. The van der Waals surface area contributed by atoms with Gasteiger partial charge in [0.15, 0.2) is 6.10 Å². The van der Waals surface area contributed by atoms with Crippen LogP contribution in [0.25, 0.3) is 0 Å². The molecule has 0 aliphatic heterocycles. The van der Waals surface area contributed by atoms with Crippen LogP contribution in [0.1, 0.15) is 18.1 Å². The number of nitrogens with zero attached hydrogens (tertiary/aromatic N) is 2. The van der Waals surface area contributed by atoms with Crippen LogP contribution in [-0.2, 0) is 4.79 Å². The number of rotatable bonds is 4. The second-order valence-electron chi connectivity index (χ2n) is 4.66. The van der Waals surface area contributed by atoms with Gasteiger partial charge in [-0.1, -0.05) is 23.7 Å². The van der Waals surface area contributed by atoms with Crippen LogP contribution in [0, 0.1) is 22.7 Å². The van der Waals surface area contributed by atoms with Crippen LogP contribution >= 0.6 is 11.6 Å². The number of benzene rings is 2. The lowest BCUT2D eigenvalue weighted by Crippen LogP contribution is -2.30. The summed E-state index contributed by atoms with van der Waals surface area (Å²) in [6.45, 7) is 1.58. The zero-order valence-electron chi connectivity index (χ0n) is 12.2. The normalized spacial score (nSPS) is 11.0. The molecule has 2 aromatic carbocycles. The summed E-state index contributed by atoms with van der Waals surface area (Å²) in [5, 5.41) is 20.7. The van der Waals surface area contributed by atoms with Gasteiger partial charge in [0.25, 0.3) is 5.91 Å². The lowest BCUT2D eigenvalue weighted by Gasteiger charge is -2.15. The van der Waals surface area contributed by atoms with E-state index in [-0.39, 0.29) is 5.02 Å². The maximum atomic E-state index is 12.2. The second kappa shape index (κ2) is 7.31. The van der Waals surface area contributed by atoms with Crippen LogP contribution in [0.3, 0.4) is 0 Å². The highest BCUT2D eigenvalue weighted by Crippen LogP contribution is 2.21. The van der Waals surface area contributed by atoms with E-state index in [0.29, 0.717) is 22.6 Å². The topological polar surface area (TPSA) is 85.9 Å². The lowest BCUT2D eigenvalue weighted by molar-refractivity contribution is -0.122. The number of para-hydroxylation sites is 1. The van der Waals surface area contributed by atoms with Gasteiger partial charge in [-0.3, -0.25) is 4.79 Å². The molecule has 0 saturated heterocycles. The first kappa shape index (κ1) is 16.4. The Balaban J connectivity index is 2.07. The highest BCUT2D eigenvalue weighted by atomic mass is 35.5. The minimum Gasteiger partial charge on any atom is -0.480 e. The van der Waals surface area contributed by atoms with Crippen molar-refractivity contribution in [1.29, 1.82) is 10.5 Å². The molecule has 5 nitrogen and oxygen atoms in total. The molecule has 114 valence electrons. The van der Waals surface area contributed by atoms with Gasteiger partial charge in [0, 0.05) is 5.69 Å². The molecule has 0 fully saturated rings. The van der Waals surface area contributed by atoms with E-state index >= 15 is 0 Å². The van der Waals surface area contributed by atoms with Crippen LogP contribution in [0.15, 0.2) is 42.5 Å². The highest BCUT2D eigenvalue weighted by molar-refractivity contribution is 6.32. The largest absolute Gasteiger partial charge is 0.480 e. The number of halogens is 1. The van der Waals surface area contributed by atoms with Crippen molar-refractivity contribution >= 4 is 23.2 Å². The lowest BCUT2D eigenvalue weighted by atomic mass is 10.2. The van der Waals surface area contributed by atoms with Crippen molar-refractivity contribution in [3.8, 4) is 17.9 Å². The zero-order chi connectivity index (χ0) is 16.8. The Bertz CT molecular complexity index is 821. The number of hydrogen-bond donors (Lipinski definition) is 1. The minimum atomic E-state index is -0.807. The minimum absolute atomic E-state index is 0.258. The monoisotopic (exact) mass is 325 g/mol. The van der Waals surface area contributed by atoms with Gasteiger partial charge in [0.1, 0.15) is 17.9 Å². The first-order valence-electron chi connectivity index (χ1n) is 6.71. The van der Waals surface area contributed by atoms with E-state index in [1.165, 1.54) is 12.1 Å². The van der Waals surface area contributed by atoms with E-state index in [1.807, 2.05) is 12.1 Å². The molecule has 2 rings (SSSR count). The van der Waals surface area contributed by atoms with Gasteiger partial charge in [0.05, 0.1) is 16.1 Å². The molecule has 2 aromatic rings. The van der Waals surface area contributed by atoms with Crippen molar-refractivity contribution in [3.63, 3.8) is 0 Å². The van der Waals surface area contributed by atoms with Crippen LogP contribution in [0.4, 0.5) is 5.69 Å². The third kappa shape index (κ3) is 4.00. The predicted octanol–water partition coefficient (Wildman–Crippen LogP) is 3.49. The van der Waals surface area contributed by atoms with Crippen LogP contribution in [-0.4, -0.2) is 12.0 Å². The van der Waals surface area contributed by atoms with E-state index in [0.717, 1.165) is 0 Å². The molecule has 0 aromatic heterocycles. The van der Waals surface area contributed by atoms with Crippen LogP contribution in [0.2, 0.25) is 5.02 Å². The van der Waals surface area contributed by atoms with Gasteiger partial charge in [-0.2, -0.15) is 10.5 Å². The summed E-state index contributed by atoms with van der Waals surface area (Å²) >= 11 is 5.92. The number of hydrogen-bond acceptors (Lipinski definition) is 4. The molecule has 0 spiro atoms. The molecule has 0 heterocycles. The van der Waals surface area contributed by atoms with Crippen molar-refractivity contribution in [3.05, 3.63) is 58.6 Å². The maximum absolute atomic E-state index is 12.2. The molecule has 1 atom stereocenters. The van der Waals surface area contributed by atoms with Crippen LogP contribution in [0.5, 0.6) is 5.75 Å². The summed E-state index contributed by atoms with van der Waals surface area (Å²) in [7, 11) is 0. The van der Waals surface area contributed by atoms with Crippen molar-refractivity contribution in [2.75, 3.05) is 5.32 Å². The third-order valence-electron chi connectivity index (χ3n) is 3.04. The number of anilines is 1. The summed E-state index contributed by atoms with van der Waals surface area (Å²) in [4.78, 5) is 12.2. The molecular formula is C17H12ClN3O2. The Morgan fingerprint density at radius 3 is 2.52 bits per heavy atom. The van der Waals surface area contributed by atoms with E-state index in [1.54, 1.807) is 37.3 Å². The SMILES string of the molecule is CC(Oc1ccccc1C#N)C(=O)Nc1ccc(C#N)c(Cl)c1. The Hall–Kier alpha value is -3.02. The fraction of sp³-hybridized carbons (Fsp3) is 0.118. The number of nitriles is 2. The van der Waals surface area contributed by atoms with Gasteiger partial charge >= 0.3 is 0 Å². The smallest absolute Gasteiger partial charge is 0.265 e. The highest BCUT2D eigenvalue weighted by Gasteiger charge is 2.17. The van der Waals surface area contributed by atoms with Crippen molar-refractivity contribution in [1.82, 2.24) is 0 Å². The molecule has 0 radical (unpaired) electrons. The van der Waals surface area contributed by atoms with Gasteiger partial charge in [-0.25, -0.2) is 0 Å². The van der Waals surface area contributed by atoms with Crippen molar-refractivity contribution in [2.45, 2.75) is 13.0 Å². The molecule has 1 N–H and O–H groups in total. The number of nitrogens with one attached hydrogen (secondary N) is 1. The average molecular weight is 326 g/mol. The van der Waals surface area contributed by atoms with Crippen LogP contribution < -0.4 is 10.1 Å². The molecule has 0 aliphatic rings. The Morgan fingerprint density at radius 1 is 1.17 bits per heavy atom. The molecule has 1 unspecified atom stereocenters. The first-order chi connectivity index (χ1) is 11.0. The van der Waals surface area contributed by atoms with Gasteiger partial charge < -0.3 is 10.1 Å². The van der Waals surface area contributed by atoms with Gasteiger partial charge in [0.2, 0.25) is 0 Å². The summed E-state index contributed by atoms with van der Waals surface area (Å²) < 4.78 is 5.53. The third-order valence-corrected chi connectivity index (χ3v) is 3.35. The zero-order valence-corrected chi connectivity index (χ0v) is 13.0. The number of carbonyl (C=O) groups is 1. The molecule has 0 aliphatic carbocycles. The van der Waals surface area contributed by atoms with E-state index in [4.69, 9.17) is 26.9 Å². The summed E-state index contributed by atoms with van der Waals surface area (Å²) in [6, 6.07) is 15.2. The Kier molecular flexibility index (Phi) is 5.19. The predicted molar refractivity (Wildman–Crippen MR) is 86.0 cm³/mol. The maximum Gasteiger partial charge on any atom is 0.265 e.